The van der Waals surface area contributed by atoms with Crippen molar-refractivity contribution in [2.45, 2.75) is 13.0 Å². The number of aliphatic hydroxyl groups excluding tert-OH is 1. The highest BCUT2D eigenvalue weighted by molar-refractivity contribution is 9.10. The van der Waals surface area contributed by atoms with Gasteiger partial charge >= 0.3 is 0 Å². The predicted molar refractivity (Wildman–Crippen MR) is 49.8 cm³/mol. The molecule has 1 rings (SSSR count). The van der Waals surface area contributed by atoms with E-state index >= 15 is 0 Å². The zero-order chi connectivity index (χ0) is 9.14. The first-order valence-electron chi connectivity index (χ1n) is 3.65. The standard InChI is InChI=1S/C9H10BrFO/c1-6-2-3-7(10)4-8(6)9(12)5-11/h2-4,9,12H,5H2,1H3. The lowest BCUT2D eigenvalue weighted by Crippen LogP contribution is -2.01. The van der Waals surface area contributed by atoms with E-state index in [0.29, 0.717) is 5.56 Å². The fourth-order valence-electron chi connectivity index (χ4n) is 1.05. The van der Waals surface area contributed by atoms with Crippen LogP contribution >= 0.6 is 15.9 Å². The minimum absolute atomic E-state index is 0.645. The van der Waals surface area contributed by atoms with Crippen LogP contribution in [0.2, 0.25) is 0 Å². The van der Waals surface area contributed by atoms with Crippen molar-refractivity contribution in [2.24, 2.45) is 0 Å². The Balaban J connectivity index is 3.04. The van der Waals surface area contributed by atoms with Crippen LogP contribution in [-0.2, 0) is 0 Å². The quantitative estimate of drug-likeness (QED) is 0.832. The molecule has 0 fully saturated rings. The number of rotatable bonds is 2. The Morgan fingerprint density at radius 1 is 1.58 bits per heavy atom. The summed E-state index contributed by atoms with van der Waals surface area (Å²) in [7, 11) is 0. The Bertz CT molecular complexity index is 275. The summed E-state index contributed by atoms with van der Waals surface area (Å²) in [6.07, 6.45) is -0.998. The Labute approximate surface area is 79.4 Å². The molecule has 0 saturated carbocycles. The van der Waals surface area contributed by atoms with Gasteiger partial charge in [-0.3, -0.25) is 0 Å². The van der Waals surface area contributed by atoms with E-state index in [1.165, 1.54) is 0 Å². The lowest BCUT2D eigenvalue weighted by Gasteiger charge is -2.09. The van der Waals surface area contributed by atoms with Crippen LogP contribution < -0.4 is 0 Å². The van der Waals surface area contributed by atoms with Gasteiger partial charge in [0.1, 0.15) is 12.8 Å². The van der Waals surface area contributed by atoms with Crippen LogP contribution in [-0.4, -0.2) is 11.8 Å². The van der Waals surface area contributed by atoms with E-state index in [1.807, 2.05) is 19.1 Å². The second kappa shape index (κ2) is 4.01. The van der Waals surface area contributed by atoms with Crippen molar-refractivity contribution in [1.29, 1.82) is 0 Å². The van der Waals surface area contributed by atoms with E-state index in [0.717, 1.165) is 10.0 Å². The molecule has 0 aliphatic heterocycles. The minimum atomic E-state index is -0.998. The third kappa shape index (κ3) is 2.05. The Hall–Kier alpha value is -0.410. The average molecular weight is 233 g/mol. The maximum atomic E-state index is 12.1. The Morgan fingerprint density at radius 3 is 2.83 bits per heavy atom. The Morgan fingerprint density at radius 2 is 2.25 bits per heavy atom. The first kappa shape index (κ1) is 9.68. The molecule has 0 aliphatic rings. The SMILES string of the molecule is Cc1ccc(Br)cc1C(O)CF. The molecule has 0 saturated heterocycles. The molecular formula is C9H10BrFO. The summed E-state index contributed by atoms with van der Waals surface area (Å²) in [6.45, 7) is 1.11. The lowest BCUT2D eigenvalue weighted by atomic mass is 10.0. The number of halogens is 2. The molecule has 66 valence electrons. The smallest absolute Gasteiger partial charge is 0.119 e. The molecule has 0 spiro atoms. The predicted octanol–water partition coefficient (Wildman–Crippen LogP) is 2.76. The van der Waals surface area contributed by atoms with Gasteiger partial charge in [-0.15, -0.1) is 0 Å². The Kier molecular flexibility index (Phi) is 3.23. The highest BCUT2D eigenvalue weighted by Gasteiger charge is 2.09. The fourth-order valence-corrected chi connectivity index (χ4v) is 1.43. The van der Waals surface area contributed by atoms with Gasteiger partial charge < -0.3 is 5.11 Å². The first-order valence-corrected chi connectivity index (χ1v) is 4.44. The summed E-state index contributed by atoms with van der Waals surface area (Å²) in [5, 5.41) is 9.24. The van der Waals surface area contributed by atoms with Crippen LogP contribution in [0.1, 0.15) is 17.2 Å². The molecule has 0 heterocycles. The zero-order valence-electron chi connectivity index (χ0n) is 6.72. The molecule has 1 aromatic rings. The number of aliphatic hydroxyl groups is 1. The van der Waals surface area contributed by atoms with Crippen molar-refractivity contribution < 1.29 is 9.50 Å². The number of hydrogen-bond acceptors (Lipinski definition) is 1. The highest BCUT2D eigenvalue weighted by Crippen LogP contribution is 2.22. The second-order valence-corrected chi connectivity index (χ2v) is 3.59. The summed E-state index contributed by atoms with van der Waals surface area (Å²) in [6, 6.07) is 5.45. The fraction of sp³-hybridized carbons (Fsp3) is 0.333. The summed E-state index contributed by atoms with van der Waals surface area (Å²) >= 11 is 3.26. The molecule has 1 aromatic carbocycles. The molecule has 0 aliphatic carbocycles. The largest absolute Gasteiger partial charge is 0.386 e. The molecule has 1 nitrogen and oxygen atoms in total. The van der Waals surface area contributed by atoms with Gasteiger partial charge in [-0.2, -0.15) is 0 Å². The van der Waals surface area contributed by atoms with Crippen LogP contribution in [0.4, 0.5) is 4.39 Å². The molecule has 0 bridgehead atoms. The van der Waals surface area contributed by atoms with Crippen molar-refractivity contribution in [3.8, 4) is 0 Å². The monoisotopic (exact) mass is 232 g/mol. The van der Waals surface area contributed by atoms with Crippen molar-refractivity contribution >= 4 is 15.9 Å². The van der Waals surface area contributed by atoms with Gasteiger partial charge in [-0.05, 0) is 30.2 Å². The van der Waals surface area contributed by atoms with E-state index in [-0.39, 0.29) is 0 Å². The minimum Gasteiger partial charge on any atom is -0.386 e. The van der Waals surface area contributed by atoms with E-state index in [4.69, 9.17) is 0 Å². The molecule has 0 amide bonds. The van der Waals surface area contributed by atoms with Gasteiger partial charge in [0.2, 0.25) is 0 Å². The maximum absolute atomic E-state index is 12.1. The molecule has 1 unspecified atom stereocenters. The summed E-state index contributed by atoms with van der Waals surface area (Å²) in [4.78, 5) is 0. The van der Waals surface area contributed by atoms with Crippen LogP contribution in [0.5, 0.6) is 0 Å². The second-order valence-electron chi connectivity index (χ2n) is 2.67. The van der Waals surface area contributed by atoms with Crippen molar-refractivity contribution in [2.75, 3.05) is 6.67 Å². The highest BCUT2D eigenvalue weighted by atomic mass is 79.9. The summed E-state index contributed by atoms with van der Waals surface area (Å²) < 4.78 is 13.0. The number of hydrogen-bond donors (Lipinski definition) is 1. The molecule has 3 heteroatoms. The number of benzene rings is 1. The van der Waals surface area contributed by atoms with Crippen molar-refractivity contribution in [3.05, 3.63) is 33.8 Å². The van der Waals surface area contributed by atoms with E-state index < -0.39 is 12.8 Å². The maximum Gasteiger partial charge on any atom is 0.119 e. The van der Waals surface area contributed by atoms with E-state index in [1.54, 1.807) is 6.07 Å². The van der Waals surface area contributed by atoms with E-state index in [9.17, 15) is 9.50 Å². The van der Waals surface area contributed by atoms with Crippen LogP contribution in [0.15, 0.2) is 22.7 Å². The molecule has 0 radical (unpaired) electrons. The third-order valence-electron chi connectivity index (χ3n) is 1.75. The third-order valence-corrected chi connectivity index (χ3v) is 2.24. The topological polar surface area (TPSA) is 20.2 Å². The molecule has 1 N–H and O–H groups in total. The molecule has 12 heavy (non-hydrogen) atoms. The van der Waals surface area contributed by atoms with E-state index in [2.05, 4.69) is 15.9 Å². The summed E-state index contributed by atoms with van der Waals surface area (Å²) in [5.41, 5.74) is 1.55. The van der Waals surface area contributed by atoms with Crippen LogP contribution in [0, 0.1) is 6.92 Å². The van der Waals surface area contributed by atoms with Gasteiger partial charge in [0.25, 0.3) is 0 Å². The van der Waals surface area contributed by atoms with Gasteiger partial charge in [-0.1, -0.05) is 22.0 Å². The van der Waals surface area contributed by atoms with Crippen molar-refractivity contribution in [3.63, 3.8) is 0 Å². The van der Waals surface area contributed by atoms with Crippen LogP contribution in [0.25, 0.3) is 0 Å². The first-order chi connectivity index (χ1) is 5.65. The van der Waals surface area contributed by atoms with Crippen molar-refractivity contribution in [1.82, 2.24) is 0 Å². The van der Waals surface area contributed by atoms with Gasteiger partial charge in [0.15, 0.2) is 0 Å². The average Bonchev–Trinajstić information content (AvgIpc) is 2.08. The molecular weight excluding hydrogens is 223 g/mol. The molecule has 0 aromatic heterocycles. The number of alkyl halides is 1. The number of aryl methyl sites for hydroxylation is 1. The van der Waals surface area contributed by atoms with Gasteiger partial charge in [-0.25, -0.2) is 4.39 Å². The van der Waals surface area contributed by atoms with Crippen LogP contribution in [0.3, 0.4) is 0 Å². The lowest BCUT2D eigenvalue weighted by molar-refractivity contribution is 0.141. The summed E-state index contributed by atoms with van der Waals surface area (Å²) in [5.74, 6) is 0. The molecule has 1 atom stereocenters. The zero-order valence-corrected chi connectivity index (χ0v) is 8.31. The van der Waals surface area contributed by atoms with Gasteiger partial charge in [0, 0.05) is 4.47 Å². The van der Waals surface area contributed by atoms with Gasteiger partial charge in [0.05, 0.1) is 0 Å². The normalized spacial score (nSPS) is 13.0.